The van der Waals surface area contributed by atoms with Gasteiger partial charge in [0, 0.05) is 26.1 Å². The maximum absolute atomic E-state index is 11.8. The van der Waals surface area contributed by atoms with Crippen molar-refractivity contribution in [2.24, 2.45) is 0 Å². The van der Waals surface area contributed by atoms with Crippen molar-refractivity contribution in [2.45, 2.75) is 38.6 Å². The Morgan fingerprint density at radius 3 is 2.25 bits per heavy atom. The van der Waals surface area contributed by atoms with E-state index in [2.05, 4.69) is 10.6 Å². The van der Waals surface area contributed by atoms with Gasteiger partial charge in [-0.2, -0.15) is 0 Å². The molecule has 1 aliphatic carbocycles. The molecule has 7 nitrogen and oxygen atoms in total. The molecule has 3 N–H and O–H groups in total. The fourth-order valence-electron chi connectivity index (χ4n) is 2.44. The van der Waals surface area contributed by atoms with Crippen LogP contribution in [0.15, 0.2) is 0 Å². The molecule has 20 heavy (non-hydrogen) atoms. The second-order valence-electron chi connectivity index (χ2n) is 5.07. The molecule has 0 saturated heterocycles. The van der Waals surface area contributed by atoms with Crippen molar-refractivity contribution in [1.82, 2.24) is 15.5 Å². The molecule has 1 rings (SSSR count). The Bertz CT molecular complexity index is 354. The van der Waals surface area contributed by atoms with Gasteiger partial charge in [0.1, 0.15) is 0 Å². The molecule has 114 valence electrons. The predicted molar refractivity (Wildman–Crippen MR) is 73.2 cm³/mol. The monoisotopic (exact) mass is 285 g/mol. The predicted octanol–water partition coefficient (Wildman–Crippen LogP) is -0.432. The Morgan fingerprint density at radius 1 is 1.10 bits per heavy atom. The van der Waals surface area contributed by atoms with Crippen LogP contribution in [0.5, 0.6) is 0 Å². The summed E-state index contributed by atoms with van der Waals surface area (Å²) >= 11 is 0. The highest BCUT2D eigenvalue weighted by Crippen LogP contribution is 2.22. The summed E-state index contributed by atoms with van der Waals surface area (Å²) in [5.74, 6) is -1.26. The van der Waals surface area contributed by atoms with Crippen LogP contribution in [0.3, 0.4) is 0 Å². The number of aliphatic carboxylic acids is 1. The molecule has 0 bridgehead atoms. The second kappa shape index (κ2) is 8.52. The maximum atomic E-state index is 11.8. The van der Waals surface area contributed by atoms with Crippen LogP contribution in [0.2, 0.25) is 0 Å². The molecule has 1 aliphatic rings. The zero-order valence-electron chi connectivity index (χ0n) is 11.9. The molecule has 0 spiro atoms. The zero-order valence-corrected chi connectivity index (χ0v) is 11.9. The lowest BCUT2D eigenvalue weighted by Gasteiger charge is -2.26. The van der Waals surface area contributed by atoms with Crippen LogP contribution in [0, 0.1) is 0 Å². The van der Waals surface area contributed by atoms with Crippen LogP contribution in [-0.2, 0) is 14.4 Å². The largest absolute Gasteiger partial charge is 0.480 e. The third-order valence-electron chi connectivity index (χ3n) is 3.35. The second-order valence-corrected chi connectivity index (χ2v) is 5.07. The highest BCUT2D eigenvalue weighted by molar-refractivity contribution is 5.79. The van der Waals surface area contributed by atoms with E-state index in [0.717, 1.165) is 25.7 Å². The molecule has 0 radical (unpaired) electrons. The maximum Gasteiger partial charge on any atom is 0.317 e. The van der Waals surface area contributed by atoms with Gasteiger partial charge in [-0.1, -0.05) is 12.8 Å². The van der Waals surface area contributed by atoms with E-state index in [1.807, 2.05) is 0 Å². The summed E-state index contributed by atoms with van der Waals surface area (Å²) in [6.07, 6.45) is 4.08. The molecule has 0 heterocycles. The van der Waals surface area contributed by atoms with E-state index in [-0.39, 0.29) is 30.9 Å². The molecule has 0 atom stereocenters. The van der Waals surface area contributed by atoms with Crippen LogP contribution in [0.1, 0.15) is 32.6 Å². The number of amides is 2. The first-order chi connectivity index (χ1) is 9.49. The normalized spacial score (nSPS) is 15.3. The first-order valence-corrected chi connectivity index (χ1v) is 6.96. The van der Waals surface area contributed by atoms with Gasteiger partial charge in [-0.05, 0) is 12.8 Å². The minimum Gasteiger partial charge on any atom is -0.480 e. The van der Waals surface area contributed by atoms with Crippen LogP contribution in [0.25, 0.3) is 0 Å². The van der Waals surface area contributed by atoms with Crippen molar-refractivity contribution in [3.8, 4) is 0 Å². The van der Waals surface area contributed by atoms with Crippen molar-refractivity contribution in [3.63, 3.8) is 0 Å². The van der Waals surface area contributed by atoms with Gasteiger partial charge in [-0.15, -0.1) is 0 Å². The third-order valence-corrected chi connectivity index (χ3v) is 3.35. The Morgan fingerprint density at radius 2 is 1.70 bits per heavy atom. The Labute approximate surface area is 118 Å². The summed E-state index contributed by atoms with van der Waals surface area (Å²) in [5.41, 5.74) is 0. The fraction of sp³-hybridized carbons (Fsp3) is 0.769. The van der Waals surface area contributed by atoms with Gasteiger partial charge >= 0.3 is 5.97 Å². The van der Waals surface area contributed by atoms with Gasteiger partial charge < -0.3 is 15.7 Å². The van der Waals surface area contributed by atoms with E-state index in [9.17, 15) is 14.4 Å². The molecular weight excluding hydrogens is 262 g/mol. The van der Waals surface area contributed by atoms with Crippen molar-refractivity contribution in [1.29, 1.82) is 0 Å². The number of carbonyl (C=O) groups is 3. The lowest BCUT2D eigenvalue weighted by atomic mass is 10.2. The summed E-state index contributed by atoms with van der Waals surface area (Å²) in [6.45, 7) is 2.13. The zero-order chi connectivity index (χ0) is 15.0. The van der Waals surface area contributed by atoms with Crippen LogP contribution >= 0.6 is 0 Å². The number of hydrogen-bond donors (Lipinski definition) is 3. The van der Waals surface area contributed by atoms with Crippen LogP contribution in [0.4, 0.5) is 0 Å². The number of nitrogens with zero attached hydrogens (tertiary/aromatic N) is 1. The highest BCUT2D eigenvalue weighted by atomic mass is 16.4. The third kappa shape index (κ3) is 6.51. The van der Waals surface area contributed by atoms with Gasteiger partial charge in [-0.3, -0.25) is 19.3 Å². The molecule has 0 aromatic rings. The van der Waals surface area contributed by atoms with Gasteiger partial charge in [0.15, 0.2) is 0 Å². The minimum atomic E-state index is -0.914. The number of carboxylic acid groups (broad SMARTS) is 1. The fourth-order valence-corrected chi connectivity index (χ4v) is 2.44. The van der Waals surface area contributed by atoms with Crippen LogP contribution < -0.4 is 10.6 Å². The average molecular weight is 285 g/mol. The van der Waals surface area contributed by atoms with Crippen LogP contribution in [-0.4, -0.2) is 60.0 Å². The first kappa shape index (κ1) is 16.4. The lowest BCUT2D eigenvalue weighted by molar-refractivity contribution is -0.139. The molecule has 0 aliphatic heterocycles. The summed E-state index contributed by atoms with van der Waals surface area (Å²) in [4.78, 5) is 35.0. The van der Waals surface area contributed by atoms with E-state index in [1.165, 1.54) is 6.92 Å². The molecule has 0 aromatic heterocycles. The first-order valence-electron chi connectivity index (χ1n) is 6.96. The Kier molecular flexibility index (Phi) is 7.00. The van der Waals surface area contributed by atoms with E-state index >= 15 is 0 Å². The van der Waals surface area contributed by atoms with Gasteiger partial charge in [0.25, 0.3) is 0 Å². The van der Waals surface area contributed by atoms with Gasteiger partial charge in [-0.25, -0.2) is 0 Å². The smallest absolute Gasteiger partial charge is 0.317 e. The topological polar surface area (TPSA) is 98.7 Å². The molecule has 0 aromatic carbocycles. The quantitative estimate of drug-likeness (QED) is 0.526. The van der Waals surface area contributed by atoms with Gasteiger partial charge in [0.2, 0.25) is 11.8 Å². The molecule has 2 amide bonds. The highest BCUT2D eigenvalue weighted by Gasteiger charge is 2.25. The molecule has 0 unspecified atom stereocenters. The summed E-state index contributed by atoms with van der Waals surface area (Å²) in [7, 11) is 0. The van der Waals surface area contributed by atoms with E-state index < -0.39 is 5.97 Å². The van der Waals surface area contributed by atoms with Crippen molar-refractivity contribution in [3.05, 3.63) is 0 Å². The standard InChI is InChI=1S/C13H23N3O4/c1-10(17)14-6-7-15-12(18)8-16(9-13(19)20)11-4-2-3-5-11/h11H,2-9H2,1H3,(H,14,17)(H,15,18)(H,19,20). The Balaban J connectivity index is 2.33. The van der Waals surface area contributed by atoms with E-state index in [0.29, 0.717) is 13.1 Å². The van der Waals surface area contributed by atoms with Crippen molar-refractivity contribution >= 4 is 17.8 Å². The van der Waals surface area contributed by atoms with E-state index in [4.69, 9.17) is 5.11 Å². The summed E-state index contributed by atoms with van der Waals surface area (Å²) in [6, 6.07) is 0.187. The number of rotatable bonds is 8. The lowest BCUT2D eigenvalue weighted by Crippen LogP contribution is -2.45. The molecule has 1 saturated carbocycles. The molecule has 7 heteroatoms. The summed E-state index contributed by atoms with van der Waals surface area (Å²) in [5, 5.41) is 14.2. The SMILES string of the molecule is CC(=O)NCCNC(=O)CN(CC(=O)O)C1CCCC1. The number of carbonyl (C=O) groups excluding carboxylic acids is 2. The molecule has 1 fully saturated rings. The number of nitrogens with one attached hydrogen (secondary N) is 2. The summed E-state index contributed by atoms with van der Waals surface area (Å²) < 4.78 is 0. The van der Waals surface area contributed by atoms with Gasteiger partial charge in [0.05, 0.1) is 13.1 Å². The van der Waals surface area contributed by atoms with Crippen molar-refractivity contribution < 1.29 is 19.5 Å². The van der Waals surface area contributed by atoms with Crippen molar-refractivity contribution in [2.75, 3.05) is 26.2 Å². The minimum absolute atomic E-state index is 0.0943. The van der Waals surface area contributed by atoms with E-state index in [1.54, 1.807) is 4.90 Å². The average Bonchev–Trinajstić information content (AvgIpc) is 2.86. The number of carboxylic acids is 1. The number of hydrogen-bond acceptors (Lipinski definition) is 4. The Hall–Kier alpha value is -1.63. The molecular formula is C13H23N3O4.